The van der Waals surface area contributed by atoms with Crippen molar-refractivity contribution < 1.29 is 14.2 Å². The Hall–Kier alpha value is -3.31. The van der Waals surface area contributed by atoms with Crippen LogP contribution in [0.4, 0.5) is 4.39 Å². The third kappa shape index (κ3) is 5.67. The molecule has 37 heavy (non-hydrogen) atoms. The van der Waals surface area contributed by atoms with E-state index in [1.807, 2.05) is 29.7 Å². The summed E-state index contributed by atoms with van der Waals surface area (Å²) < 4.78 is 23.2. The van der Waals surface area contributed by atoms with Crippen molar-refractivity contribution in [3.63, 3.8) is 0 Å². The molecule has 1 fully saturated rings. The van der Waals surface area contributed by atoms with Gasteiger partial charge in [0.25, 0.3) is 0 Å². The fourth-order valence-electron chi connectivity index (χ4n) is 5.41. The summed E-state index contributed by atoms with van der Waals surface area (Å²) in [4.78, 5) is 0. The van der Waals surface area contributed by atoms with Gasteiger partial charge in [0.05, 0.1) is 18.3 Å². The van der Waals surface area contributed by atoms with E-state index in [0.717, 1.165) is 53.4 Å². The van der Waals surface area contributed by atoms with E-state index in [1.165, 1.54) is 43.7 Å². The van der Waals surface area contributed by atoms with Crippen LogP contribution < -0.4 is 10.1 Å². The van der Waals surface area contributed by atoms with Gasteiger partial charge in [-0.25, -0.2) is 4.39 Å². The molecule has 1 aliphatic carbocycles. The van der Waals surface area contributed by atoms with E-state index in [1.54, 1.807) is 19.2 Å². The average molecular weight is 501 g/mol. The molecule has 0 bridgehead atoms. The third-order valence-electron chi connectivity index (χ3n) is 7.82. The molecule has 194 valence electrons. The molecule has 1 aromatic heterocycles. The van der Waals surface area contributed by atoms with Gasteiger partial charge in [-0.3, -0.25) is 0 Å². The van der Waals surface area contributed by atoms with Crippen molar-refractivity contribution in [1.29, 1.82) is 0 Å². The third-order valence-corrected chi connectivity index (χ3v) is 7.82. The Labute approximate surface area is 219 Å². The van der Waals surface area contributed by atoms with Crippen molar-refractivity contribution in [3.8, 4) is 22.8 Å². The van der Waals surface area contributed by atoms with Crippen molar-refractivity contribution in [2.24, 2.45) is 5.92 Å². The number of aromatic hydroxyl groups is 1. The maximum Gasteiger partial charge on any atom is 0.156 e. The zero-order valence-electron chi connectivity index (χ0n) is 21.9. The van der Waals surface area contributed by atoms with Crippen molar-refractivity contribution in [3.05, 3.63) is 83.2 Å². The number of benzene rings is 3. The second-order valence-corrected chi connectivity index (χ2v) is 10.4. The first-order valence-corrected chi connectivity index (χ1v) is 13.5. The summed E-state index contributed by atoms with van der Waals surface area (Å²) >= 11 is 0. The van der Waals surface area contributed by atoms with E-state index >= 15 is 4.39 Å². The molecule has 5 heteroatoms. The van der Waals surface area contributed by atoms with Crippen LogP contribution in [0.1, 0.15) is 48.8 Å². The smallest absolute Gasteiger partial charge is 0.156 e. The number of aryl methyl sites for hydroxylation is 1. The van der Waals surface area contributed by atoms with E-state index in [4.69, 9.17) is 4.74 Å². The van der Waals surface area contributed by atoms with Crippen LogP contribution in [-0.2, 0) is 13.0 Å². The van der Waals surface area contributed by atoms with Crippen LogP contribution in [0.3, 0.4) is 0 Å². The van der Waals surface area contributed by atoms with E-state index in [2.05, 4.69) is 29.6 Å². The summed E-state index contributed by atoms with van der Waals surface area (Å²) in [5.41, 5.74) is 5.44. The minimum atomic E-state index is -0.320. The molecule has 0 spiro atoms. The molecule has 0 radical (unpaired) electrons. The van der Waals surface area contributed by atoms with Gasteiger partial charge < -0.3 is 19.7 Å². The first-order chi connectivity index (χ1) is 18.0. The quantitative estimate of drug-likeness (QED) is 0.214. The molecule has 0 aliphatic heterocycles. The highest BCUT2D eigenvalue weighted by Gasteiger charge is 2.21. The lowest BCUT2D eigenvalue weighted by Crippen LogP contribution is -2.20. The average Bonchev–Trinajstić information content (AvgIpc) is 3.13. The van der Waals surface area contributed by atoms with Crippen molar-refractivity contribution >= 4 is 10.9 Å². The zero-order valence-corrected chi connectivity index (χ0v) is 21.9. The van der Waals surface area contributed by atoms with Crippen LogP contribution in [0.25, 0.3) is 22.2 Å². The summed E-state index contributed by atoms with van der Waals surface area (Å²) in [5.74, 6) is 1.47. The van der Waals surface area contributed by atoms with E-state index in [9.17, 15) is 5.11 Å². The molecule has 3 aromatic carbocycles. The van der Waals surface area contributed by atoms with Gasteiger partial charge in [-0.1, -0.05) is 43.5 Å². The number of phenolic OH excluding ortho intramolecular Hbond substituents is 1. The Balaban J connectivity index is 1.32. The lowest BCUT2D eigenvalue weighted by molar-refractivity contribution is 0.288. The number of phenols is 1. The number of ether oxygens (including phenoxy) is 1. The molecule has 1 aliphatic rings. The number of halogens is 1. The monoisotopic (exact) mass is 500 g/mol. The molecular weight excluding hydrogens is 463 g/mol. The van der Waals surface area contributed by atoms with Crippen molar-refractivity contribution in [2.45, 2.75) is 52.0 Å². The van der Waals surface area contributed by atoms with Crippen LogP contribution >= 0.6 is 0 Å². The largest absolute Gasteiger partial charge is 0.508 e. The lowest BCUT2D eigenvalue weighted by atomic mass is 9.82. The normalized spacial score (nSPS) is 13.7. The maximum atomic E-state index is 15.8. The summed E-state index contributed by atoms with van der Waals surface area (Å²) in [6.45, 7) is 4.59. The number of nitrogens with zero attached hydrogens (tertiary/aromatic N) is 1. The predicted octanol–water partition coefficient (Wildman–Crippen LogP) is 7.23. The molecule has 4 nitrogen and oxygen atoms in total. The summed E-state index contributed by atoms with van der Waals surface area (Å²) in [6.07, 6.45) is 7.94. The molecule has 5 rings (SSSR count). The summed E-state index contributed by atoms with van der Waals surface area (Å²) in [5, 5.41) is 14.0. The first-order valence-electron chi connectivity index (χ1n) is 13.5. The second-order valence-electron chi connectivity index (χ2n) is 10.4. The van der Waals surface area contributed by atoms with Gasteiger partial charge in [-0.15, -0.1) is 0 Å². The fraction of sp³-hybridized carbons (Fsp3) is 0.375. The Morgan fingerprint density at radius 2 is 1.78 bits per heavy atom. The Bertz CT molecular complexity index is 1360. The molecule has 0 atom stereocenters. The van der Waals surface area contributed by atoms with Gasteiger partial charge >= 0.3 is 0 Å². The van der Waals surface area contributed by atoms with Gasteiger partial charge in [-0.05, 0) is 98.3 Å². The van der Waals surface area contributed by atoms with Gasteiger partial charge in [0.1, 0.15) is 11.5 Å². The van der Waals surface area contributed by atoms with Crippen LogP contribution in [0.15, 0.2) is 60.7 Å². The first kappa shape index (κ1) is 25.3. The number of fused-ring (bicyclic) bond motifs is 1. The van der Waals surface area contributed by atoms with Gasteiger partial charge in [0, 0.05) is 17.5 Å². The molecule has 2 N–H and O–H groups in total. The SMILES string of the molecule is COc1ccc(-c2c(F)c3cc(O)ccc3n2Cc2ccc(CCNCCCC3CCC3)cc2)c(C)c1. The Morgan fingerprint density at radius 1 is 1.00 bits per heavy atom. The number of nitrogens with one attached hydrogen (secondary N) is 1. The number of hydrogen-bond acceptors (Lipinski definition) is 3. The van der Waals surface area contributed by atoms with Gasteiger partial charge in [0.2, 0.25) is 0 Å². The van der Waals surface area contributed by atoms with E-state index in [-0.39, 0.29) is 11.6 Å². The van der Waals surface area contributed by atoms with Crippen molar-refractivity contribution in [1.82, 2.24) is 9.88 Å². The highest BCUT2D eigenvalue weighted by molar-refractivity contribution is 5.90. The molecule has 0 unspecified atom stereocenters. The van der Waals surface area contributed by atoms with E-state index < -0.39 is 0 Å². The number of aromatic nitrogens is 1. The molecule has 0 amide bonds. The number of hydrogen-bond donors (Lipinski definition) is 2. The maximum absolute atomic E-state index is 15.8. The topological polar surface area (TPSA) is 46.4 Å². The molecule has 1 heterocycles. The molecule has 4 aromatic rings. The highest BCUT2D eigenvalue weighted by atomic mass is 19.1. The Kier molecular flexibility index (Phi) is 7.80. The highest BCUT2D eigenvalue weighted by Crippen LogP contribution is 2.37. The van der Waals surface area contributed by atoms with Crippen molar-refractivity contribution in [2.75, 3.05) is 20.2 Å². The molecule has 1 saturated carbocycles. The Morgan fingerprint density at radius 3 is 2.49 bits per heavy atom. The lowest BCUT2D eigenvalue weighted by Gasteiger charge is -2.25. The van der Waals surface area contributed by atoms with Crippen LogP contribution in [0.5, 0.6) is 11.5 Å². The standard InChI is InChI=1S/C32H37FN2O2/c1-22-19-27(37-2)13-14-28(22)32-31(33)29-20-26(36)12-15-30(29)35(32)21-25-10-8-24(9-11-25)16-18-34-17-4-7-23-5-3-6-23/h8-15,19-20,23,34,36H,3-7,16-18,21H2,1-2H3. The van der Waals surface area contributed by atoms with Crippen LogP contribution in [0.2, 0.25) is 0 Å². The second kappa shape index (κ2) is 11.4. The number of methoxy groups -OCH3 is 1. The van der Waals surface area contributed by atoms with Crippen LogP contribution in [-0.4, -0.2) is 29.9 Å². The predicted molar refractivity (Wildman–Crippen MR) is 149 cm³/mol. The minimum Gasteiger partial charge on any atom is -0.508 e. The summed E-state index contributed by atoms with van der Waals surface area (Å²) in [6, 6.07) is 19.2. The van der Waals surface area contributed by atoms with E-state index in [0.29, 0.717) is 17.6 Å². The van der Waals surface area contributed by atoms with Gasteiger partial charge in [0.15, 0.2) is 5.82 Å². The van der Waals surface area contributed by atoms with Gasteiger partial charge in [-0.2, -0.15) is 0 Å². The summed E-state index contributed by atoms with van der Waals surface area (Å²) in [7, 11) is 1.63. The fourth-order valence-corrected chi connectivity index (χ4v) is 5.41. The number of rotatable bonds is 11. The zero-order chi connectivity index (χ0) is 25.8. The van der Waals surface area contributed by atoms with Crippen LogP contribution in [0, 0.1) is 18.7 Å². The molecular formula is C32H37FN2O2. The minimum absolute atomic E-state index is 0.0579. The molecule has 0 saturated heterocycles.